The second-order valence-corrected chi connectivity index (χ2v) is 6.44. The zero-order valence-electron chi connectivity index (χ0n) is 11.0. The molecule has 5 nitrogen and oxygen atoms in total. The summed E-state index contributed by atoms with van der Waals surface area (Å²) in [5.74, 6) is -0.156. The van der Waals surface area contributed by atoms with Gasteiger partial charge in [0.25, 0.3) is 0 Å². The van der Waals surface area contributed by atoms with Gasteiger partial charge in [-0.1, -0.05) is 61.7 Å². The minimum Gasteiger partial charge on any atom is -0.405 e. The fourth-order valence-electron chi connectivity index (χ4n) is 1.74. The number of alkyl halides is 2. The highest BCUT2D eigenvalue weighted by molar-refractivity contribution is 9.12. The van der Waals surface area contributed by atoms with Crippen molar-refractivity contribution in [3.05, 3.63) is 63.4 Å². The maximum Gasteiger partial charge on any atom is 0.433 e. The highest BCUT2D eigenvalue weighted by atomic mass is 79.9. The molecule has 2 aromatic rings. The Labute approximate surface area is 137 Å². The predicted molar refractivity (Wildman–Crippen MR) is 85.3 cm³/mol. The Morgan fingerprint density at radius 1 is 1.19 bits per heavy atom. The lowest BCUT2D eigenvalue weighted by Crippen LogP contribution is -2.18. The summed E-state index contributed by atoms with van der Waals surface area (Å²) in [6.45, 7) is 1.94. The molecule has 0 aliphatic rings. The second kappa shape index (κ2) is 6.53. The van der Waals surface area contributed by atoms with E-state index in [0.29, 0.717) is 11.3 Å². The minimum atomic E-state index is -0.617. The molecule has 0 N–H and O–H groups in total. The van der Waals surface area contributed by atoms with E-state index in [1.165, 1.54) is 12.1 Å². The Bertz CT molecular complexity index is 666. The van der Waals surface area contributed by atoms with Crippen molar-refractivity contribution in [1.82, 2.24) is 0 Å². The molecule has 2 atom stereocenters. The molecular formula is C14H11Br2NO4. The molecule has 2 rings (SSSR count). The van der Waals surface area contributed by atoms with Gasteiger partial charge in [-0.2, -0.15) is 0 Å². The fourth-order valence-corrected chi connectivity index (χ4v) is 2.75. The highest BCUT2D eigenvalue weighted by Crippen LogP contribution is 2.35. The SMILES string of the molecule is Cc1ccc(C(=O)C(Br)C(Br)c2ccc([N+](=O)[O-])o2)cc1. The lowest BCUT2D eigenvalue weighted by molar-refractivity contribution is -0.402. The van der Waals surface area contributed by atoms with Crippen LogP contribution in [0.2, 0.25) is 0 Å². The van der Waals surface area contributed by atoms with Crippen LogP contribution in [0.1, 0.15) is 26.5 Å². The third-order valence-electron chi connectivity index (χ3n) is 2.91. The quantitative estimate of drug-likeness (QED) is 0.309. The van der Waals surface area contributed by atoms with E-state index in [-0.39, 0.29) is 11.7 Å². The number of benzene rings is 1. The number of hydrogen-bond donors (Lipinski definition) is 0. The number of nitro groups is 1. The molecule has 0 fully saturated rings. The molecule has 1 heterocycles. The molecule has 0 saturated carbocycles. The van der Waals surface area contributed by atoms with E-state index in [0.717, 1.165) is 5.56 Å². The normalized spacial score (nSPS) is 13.7. The smallest absolute Gasteiger partial charge is 0.405 e. The maximum atomic E-state index is 12.4. The molecule has 0 saturated heterocycles. The summed E-state index contributed by atoms with van der Waals surface area (Å²) in [7, 11) is 0. The molecule has 0 radical (unpaired) electrons. The maximum absolute atomic E-state index is 12.4. The number of rotatable bonds is 5. The predicted octanol–water partition coefficient (Wildman–Crippen LogP) is 4.58. The average molecular weight is 417 g/mol. The number of carbonyl (C=O) groups excluding carboxylic acids is 1. The van der Waals surface area contributed by atoms with E-state index in [1.54, 1.807) is 12.1 Å². The third kappa shape index (κ3) is 3.59. The van der Waals surface area contributed by atoms with Crippen molar-refractivity contribution in [1.29, 1.82) is 0 Å². The van der Waals surface area contributed by atoms with Crippen molar-refractivity contribution in [2.45, 2.75) is 16.6 Å². The number of carbonyl (C=O) groups is 1. The molecule has 0 aliphatic carbocycles. The number of nitrogens with zero attached hydrogens (tertiary/aromatic N) is 1. The largest absolute Gasteiger partial charge is 0.433 e. The molecule has 110 valence electrons. The van der Waals surface area contributed by atoms with Gasteiger partial charge in [-0.3, -0.25) is 14.9 Å². The Morgan fingerprint density at radius 3 is 2.33 bits per heavy atom. The summed E-state index contributed by atoms with van der Waals surface area (Å²) in [6, 6.07) is 9.95. The van der Waals surface area contributed by atoms with E-state index >= 15 is 0 Å². The zero-order valence-corrected chi connectivity index (χ0v) is 14.1. The van der Waals surface area contributed by atoms with Gasteiger partial charge >= 0.3 is 5.88 Å². The Kier molecular flexibility index (Phi) is 4.95. The summed E-state index contributed by atoms with van der Waals surface area (Å²) >= 11 is 6.66. The van der Waals surface area contributed by atoms with Gasteiger partial charge in [0.2, 0.25) is 0 Å². The van der Waals surface area contributed by atoms with Crippen LogP contribution >= 0.6 is 31.9 Å². The number of halogens is 2. The fraction of sp³-hybridized carbons (Fsp3) is 0.214. The van der Waals surface area contributed by atoms with E-state index in [4.69, 9.17) is 4.42 Å². The molecular weight excluding hydrogens is 406 g/mol. The van der Waals surface area contributed by atoms with Gasteiger partial charge in [0.15, 0.2) is 5.78 Å². The summed E-state index contributed by atoms with van der Waals surface area (Å²) in [6.07, 6.45) is 0. The van der Waals surface area contributed by atoms with E-state index in [9.17, 15) is 14.9 Å². The van der Waals surface area contributed by atoms with E-state index in [2.05, 4.69) is 31.9 Å². The first-order chi connectivity index (χ1) is 9.90. The summed E-state index contributed by atoms with van der Waals surface area (Å²) in [5, 5.41) is 10.6. The van der Waals surface area contributed by atoms with E-state index in [1.807, 2.05) is 19.1 Å². The number of aryl methyl sites for hydroxylation is 1. The third-order valence-corrected chi connectivity index (χ3v) is 5.54. The summed E-state index contributed by atoms with van der Waals surface area (Å²) < 4.78 is 5.10. The molecule has 0 bridgehead atoms. The molecule has 21 heavy (non-hydrogen) atoms. The molecule has 1 aromatic carbocycles. The van der Waals surface area contributed by atoms with Crippen LogP contribution in [0.4, 0.5) is 5.88 Å². The lowest BCUT2D eigenvalue weighted by atomic mass is 10.0. The van der Waals surface area contributed by atoms with Gasteiger partial charge in [0.05, 0.1) is 15.7 Å². The molecule has 0 spiro atoms. The van der Waals surface area contributed by atoms with Crippen LogP contribution in [0.3, 0.4) is 0 Å². The average Bonchev–Trinajstić information content (AvgIpc) is 2.96. The van der Waals surface area contributed by atoms with Crippen LogP contribution in [-0.2, 0) is 0 Å². The van der Waals surface area contributed by atoms with Crippen LogP contribution < -0.4 is 0 Å². The topological polar surface area (TPSA) is 73.3 Å². The van der Waals surface area contributed by atoms with Gasteiger partial charge in [-0.15, -0.1) is 0 Å². The first kappa shape index (κ1) is 15.9. The number of Topliss-reactive ketones (excluding diaryl/α,β-unsaturated/α-hetero) is 1. The minimum absolute atomic E-state index is 0.129. The van der Waals surface area contributed by atoms with Gasteiger partial charge in [-0.25, -0.2) is 0 Å². The van der Waals surface area contributed by atoms with Crippen molar-refractivity contribution in [2.75, 3.05) is 0 Å². The van der Waals surface area contributed by atoms with Crippen LogP contribution in [0.5, 0.6) is 0 Å². The Hall–Kier alpha value is -1.47. The van der Waals surface area contributed by atoms with E-state index < -0.39 is 14.6 Å². The Balaban J connectivity index is 2.17. The first-order valence-corrected chi connectivity index (χ1v) is 7.86. The standard InChI is InChI=1S/C14H11Br2NO4/c1-8-2-4-9(5-3-8)14(18)13(16)12(15)10-6-7-11(21-10)17(19)20/h2-7,12-13H,1H3. The van der Waals surface area contributed by atoms with Crippen LogP contribution in [0.25, 0.3) is 0 Å². The van der Waals surface area contributed by atoms with Crippen LogP contribution in [0.15, 0.2) is 40.8 Å². The van der Waals surface area contributed by atoms with Crippen molar-refractivity contribution in [3.63, 3.8) is 0 Å². The molecule has 0 amide bonds. The van der Waals surface area contributed by atoms with Crippen LogP contribution in [-0.4, -0.2) is 15.5 Å². The van der Waals surface area contributed by atoms with Gasteiger partial charge < -0.3 is 4.42 Å². The van der Waals surface area contributed by atoms with Crippen molar-refractivity contribution in [3.8, 4) is 0 Å². The lowest BCUT2D eigenvalue weighted by Gasteiger charge is -2.13. The van der Waals surface area contributed by atoms with Crippen molar-refractivity contribution >= 4 is 43.5 Å². The number of furan rings is 1. The van der Waals surface area contributed by atoms with Gasteiger partial charge in [0, 0.05) is 5.56 Å². The summed E-state index contributed by atoms with van der Waals surface area (Å²) in [5.41, 5.74) is 1.63. The van der Waals surface area contributed by atoms with Crippen molar-refractivity contribution < 1.29 is 14.1 Å². The first-order valence-electron chi connectivity index (χ1n) is 6.03. The van der Waals surface area contributed by atoms with Gasteiger partial charge in [-0.05, 0) is 13.0 Å². The van der Waals surface area contributed by atoms with Gasteiger partial charge in [0.1, 0.15) is 10.7 Å². The number of ketones is 1. The Morgan fingerprint density at radius 2 is 1.81 bits per heavy atom. The molecule has 1 aromatic heterocycles. The molecule has 0 aliphatic heterocycles. The summed E-state index contributed by atoms with van der Waals surface area (Å²) in [4.78, 5) is 21.3. The molecule has 2 unspecified atom stereocenters. The van der Waals surface area contributed by atoms with Crippen LogP contribution in [0, 0.1) is 17.0 Å². The highest BCUT2D eigenvalue weighted by Gasteiger charge is 2.29. The zero-order chi connectivity index (χ0) is 15.6. The number of hydrogen-bond acceptors (Lipinski definition) is 4. The van der Waals surface area contributed by atoms with Crippen molar-refractivity contribution in [2.24, 2.45) is 0 Å². The molecule has 7 heteroatoms. The second-order valence-electron chi connectivity index (χ2n) is 4.47. The monoisotopic (exact) mass is 415 g/mol.